The Hall–Kier alpha value is -2.14. The summed E-state index contributed by atoms with van der Waals surface area (Å²) in [6.45, 7) is 3.10. The Kier molecular flexibility index (Phi) is 5.51. The fourth-order valence-electron chi connectivity index (χ4n) is 1.71. The van der Waals surface area contributed by atoms with Gasteiger partial charge < -0.3 is 10.1 Å². The van der Waals surface area contributed by atoms with Crippen LogP contribution < -0.4 is 10.1 Å². The third-order valence-corrected chi connectivity index (χ3v) is 2.98. The molecule has 0 aliphatic carbocycles. The molecule has 0 radical (unpaired) electrons. The van der Waals surface area contributed by atoms with E-state index >= 15 is 0 Å². The summed E-state index contributed by atoms with van der Waals surface area (Å²) in [6, 6.07) is 7.60. The summed E-state index contributed by atoms with van der Waals surface area (Å²) < 4.78 is 5.55. The van der Waals surface area contributed by atoms with Crippen LogP contribution in [-0.4, -0.2) is 22.5 Å². The summed E-state index contributed by atoms with van der Waals surface area (Å²) in [6.07, 6.45) is 3.63. The monoisotopic (exact) mass is 305 g/mol. The predicted molar refractivity (Wildman–Crippen MR) is 80.4 cm³/mol. The van der Waals surface area contributed by atoms with E-state index in [9.17, 15) is 4.79 Å². The van der Waals surface area contributed by atoms with Gasteiger partial charge in [-0.25, -0.2) is 9.97 Å². The highest BCUT2D eigenvalue weighted by molar-refractivity contribution is 6.33. The lowest BCUT2D eigenvalue weighted by atomic mass is 10.2. The molecule has 0 bridgehead atoms. The zero-order valence-electron chi connectivity index (χ0n) is 11.7. The van der Waals surface area contributed by atoms with Gasteiger partial charge in [-0.2, -0.15) is 0 Å². The van der Waals surface area contributed by atoms with E-state index in [1.807, 2.05) is 24.3 Å². The summed E-state index contributed by atoms with van der Waals surface area (Å²) in [5.41, 5.74) is 1.12. The van der Waals surface area contributed by atoms with E-state index in [4.69, 9.17) is 16.3 Å². The predicted octanol–water partition coefficient (Wildman–Crippen LogP) is 2.85. The topological polar surface area (TPSA) is 64.1 Å². The van der Waals surface area contributed by atoms with Crippen LogP contribution in [0.4, 0.5) is 0 Å². The zero-order valence-corrected chi connectivity index (χ0v) is 12.4. The summed E-state index contributed by atoms with van der Waals surface area (Å²) in [4.78, 5) is 19.6. The fraction of sp³-hybridized carbons (Fsp3) is 0.267. The quantitative estimate of drug-likeness (QED) is 0.891. The molecule has 5 nitrogen and oxygen atoms in total. The van der Waals surface area contributed by atoms with E-state index in [1.165, 1.54) is 12.5 Å². The summed E-state index contributed by atoms with van der Waals surface area (Å²) in [5, 5.41) is 3.00. The molecule has 1 amide bonds. The number of amides is 1. The largest absolute Gasteiger partial charge is 0.494 e. The van der Waals surface area contributed by atoms with Crippen molar-refractivity contribution in [3.63, 3.8) is 0 Å². The van der Waals surface area contributed by atoms with Crippen molar-refractivity contribution in [2.24, 2.45) is 0 Å². The normalized spacial score (nSPS) is 10.2. The number of aromatic nitrogens is 2. The second kappa shape index (κ2) is 7.59. The van der Waals surface area contributed by atoms with Crippen molar-refractivity contribution in [3.05, 3.63) is 53.1 Å². The standard InChI is InChI=1S/C15H16ClN3O2/c1-2-6-21-12-5-3-4-11(7-12)8-18-15(20)14-13(16)9-17-10-19-14/h3-5,7,9-10H,2,6,8H2,1H3,(H,18,20). The van der Waals surface area contributed by atoms with E-state index < -0.39 is 0 Å². The second-order valence-electron chi connectivity index (χ2n) is 4.40. The van der Waals surface area contributed by atoms with Crippen LogP contribution in [0, 0.1) is 0 Å². The molecule has 6 heteroatoms. The van der Waals surface area contributed by atoms with Gasteiger partial charge in [0, 0.05) is 12.7 Å². The van der Waals surface area contributed by atoms with Crippen molar-refractivity contribution < 1.29 is 9.53 Å². The summed E-state index contributed by atoms with van der Waals surface area (Å²) in [5.74, 6) is 0.464. The highest BCUT2D eigenvalue weighted by Crippen LogP contribution is 2.14. The number of benzene rings is 1. The van der Waals surface area contributed by atoms with Crippen LogP contribution in [0.3, 0.4) is 0 Å². The molecule has 0 saturated carbocycles. The third kappa shape index (κ3) is 4.43. The maximum Gasteiger partial charge on any atom is 0.271 e. The number of hydrogen-bond donors (Lipinski definition) is 1. The fourth-order valence-corrected chi connectivity index (χ4v) is 1.90. The Morgan fingerprint density at radius 2 is 2.29 bits per heavy atom. The van der Waals surface area contributed by atoms with E-state index in [-0.39, 0.29) is 16.6 Å². The van der Waals surface area contributed by atoms with Crippen molar-refractivity contribution in [2.75, 3.05) is 6.61 Å². The Balaban J connectivity index is 1.96. The number of halogens is 1. The summed E-state index contributed by atoms with van der Waals surface area (Å²) in [7, 11) is 0. The highest BCUT2D eigenvalue weighted by atomic mass is 35.5. The minimum absolute atomic E-state index is 0.171. The van der Waals surface area contributed by atoms with Gasteiger partial charge in [0.05, 0.1) is 11.6 Å². The molecular formula is C15H16ClN3O2. The van der Waals surface area contributed by atoms with Gasteiger partial charge in [0.25, 0.3) is 5.91 Å². The van der Waals surface area contributed by atoms with Gasteiger partial charge in [0.2, 0.25) is 0 Å². The Morgan fingerprint density at radius 1 is 1.43 bits per heavy atom. The molecule has 0 saturated heterocycles. The van der Waals surface area contributed by atoms with Crippen LogP contribution in [-0.2, 0) is 6.54 Å². The molecule has 1 N–H and O–H groups in total. The number of hydrogen-bond acceptors (Lipinski definition) is 4. The molecule has 1 aromatic carbocycles. The van der Waals surface area contributed by atoms with Gasteiger partial charge in [0.1, 0.15) is 17.8 Å². The van der Waals surface area contributed by atoms with E-state index in [0.717, 1.165) is 17.7 Å². The average Bonchev–Trinajstić information content (AvgIpc) is 2.51. The molecule has 0 aliphatic heterocycles. The van der Waals surface area contributed by atoms with E-state index in [1.54, 1.807) is 0 Å². The molecule has 0 fully saturated rings. The molecular weight excluding hydrogens is 290 g/mol. The first-order valence-electron chi connectivity index (χ1n) is 6.66. The van der Waals surface area contributed by atoms with Gasteiger partial charge in [-0.15, -0.1) is 0 Å². The van der Waals surface area contributed by atoms with Gasteiger partial charge >= 0.3 is 0 Å². The maximum atomic E-state index is 12.0. The van der Waals surface area contributed by atoms with Crippen molar-refractivity contribution >= 4 is 17.5 Å². The lowest BCUT2D eigenvalue weighted by molar-refractivity contribution is 0.0946. The van der Waals surface area contributed by atoms with Crippen LogP contribution in [0.15, 0.2) is 36.8 Å². The number of nitrogens with zero attached hydrogens (tertiary/aromatic N) is 2. The van der Waals surface area contributed by atoms with Crippen LogP contribution in [0.1, 0.15) is 29.4 Å². The van der Waals surface area contributed by atoms with Crippen molar-refractivity contribution in [2.45, 2.75) is 19.9 Å². The first-order valence-corrected chi connectivity index (χ1v) is 7.04. The molecule has 0 atom stereocenters. The van der Waals surface area contributed by atoms with Crippen LogP contribution in [0.5, 0.6) is 5.75 Å². The zero-order chi connectivity index (χ0) is 15.1. The molecule has 0 aliphatic rings. The first-order chi connectivity index (χ1) is 10.2. The van der Waals surface area contributed by atoms with Crippen LogP contribution in [0.2, 0.25) is 5.02 Å². The van der Waals surface area contributed by atoms with Gasteiger partial charge in [0.15, 0.2) is 0 Å². The average molecular weight is 306 g/mol. The SMILES string of the molecule is CCCOc1cccc(CNC(=O)c2ncncc2Cl)c1. The molecule has 1 heterocycles. The molecule has 110 valence electrons. The number of nitrogens with one attached hydrogen (secondary N) is 1. The number of carbonyl (C=O) groups excluding carboxylic acids is 1. The van der Waals surface area contributed by atoms with Gasteiger partial charge in [-0.3, -0.25) is 4.79 Å². The molecule has 0 unspecified atom stereocenters. The van der Waals surface area contributed by atoms with Crippen LogP contribution >= 0.6 is 11.6 Å². The first kappa shape index (κ1) is 15.3. The van der Waals surface area contributed by atoms with Crippen molar-refractivity contribution in [1.82, 2.24) is 15.3 Å². The lowest BCUT2D eigenvalue weighted by Gasteiger charge is -2.08. The second-order valence-corrected chi connectivity index (χ2v) is 4.81. The van der Waals surface area contributed by atoms with Crippen molar-refractivity contribution in [3.8, 4) is 5.75 Å². The lowest BCUT2D eigenvalue weighted by Crippen LogP contribution is -2.24. The third-order valence-electron chi connectivity index (χ3n) is 2.71. The molecule has 0 spiro atoms. The van der Waals surface area contributed by atoms with E-state index in [2.05, 4.69) is 22.2 Å². The number of ether oxygens (including phenoxy) is 1. The Labute approximate surface area is 128 Å². The molecule has 21 heavy (non-hydrogen) atoms. The van der Waals surface area contributed by atoms with E-state index in [0.29, 0.717) is 13.2 Å². The smallest absolute Gasteiger partial charge is 0.271 e. The Morgan fingerprint density at radius 3 is 3.05 bits per heavy atom. The number of carbonyl (C=O) groups is 1. The van der Waals surface area contributed by atoms with Gasteiger partial charge in [-0.05, 0) is 24.1 Å². The molecule has 1 aromatic heterocycles. The van der Waals surface area contributed by atoms with Crippen molar-refractivity contribution in [1.29, 1.82) is 0 Å². The highest BCUT2D eigenvalue weighted by Gasteiger charge is 2.11. The minimum Gasteiger partial charge on any atom is -0.494 e. The molecule has 2 aromatic rings. The minimum atomic E-state index is -0.331. The Bertz CT molecular complexity index is 619. The maximum absolute atomic E-state index is 12.0. The van der Waals surface area contributed by atoms with Gasteiger partial charge in [-0.1, -0.05) is 30.7 Å². The number of rotatable bonds is 6. The molecule has 2 rings (SSSR count). The van der Waals surface area contributed by atoms with Crippen LogP contribution in [0.25, 0.3) is 0 Å². The summed E-state index contributed by atoms with van der Waals surface area (Å²) >= 11 is 5.88.